The van der Waals surface area contributed by atoms with Crippen molar-refractivity contribution in [3.8, 4) is 5.69 Å². The van der Waals surface area contributed by atoms with E-state index >= 15 is 0 Å². The lowest BCUT2D eigenvalue weighted by Gasteiger charge is -2.14. The van der Waals surface area contributed by atoms with Crippen LogP contribution in [0.4, 0.5) is 4.39 Å². The average Bonchev–Trinajstić information content (AvgIpc) is 2.56. The van der Waals surface area contributed by atoms with Crippen LogP contribution in [0, 0.1) is 19.7 Å². The number of benzene rings is 1. The molecule has 5 heteroatoms. The molecule has 0 radical (unpaired) electrons. The largest absolute Gasteiger partial charge is 0.324 e. The predicted molar refractivity (Wildman–Crippen MR) is 70.6 cm³/mol. The van der Waals surface area contributed by atoms with E-state index in [1.54, 1.807) is 23.7 Å². The van der Waals surface area contributed by atoms with Crippen LogP contribution < -0.4 is 5.73 Å². The van der Waals surface area contributed by atoms with Crippen molar-refractivity contribution in [1.82, 2.24) is 9.78 Å². The van der Waals surface area contributed by atoms with E-state index in [0.29, 0.717) is 22.0 Å². The van der Waals surface area contributed by atoms with Crippen LogP contribution in [0.1, 0.15) is 29.9 Å². The molecule has 1 aromatic heterocycles. The van der Waals surface area contributed by atoms with Gasteiger partial charge in [-0.15, -0.1) is 0 Å². The van der Waals surface area contributed by atoms with Gasteiger partial charge in [0.2, 0.25) is 0 Å². The molecular weight excluding hydrogens is 253 g/mol. The molecule has 96 valence electrons. The first-order chi connectivity index (χ1) is 8.43. The van der Waals surface area contributed by atoms with E-state index in [-0.39, 0.29) is 5.82 Å². The van der Waals surface area contributed by atoms with Gasteiger partial charge in [-0.1, -0.05) is 17.7 Å². The number of nitrogens with zero attached hydrogens (tertiary/aromatic N) is 2. The zero-order valence-electron chi connectivity index (χ0n) is 10.5. The van der Waals surface area contributed by atoms with Gasteiger partial charge < -0.3 is 5.73 Å². The predicted octanol–water partition coefficient (Wildman–Crippen LogP) is 3.30. The first kappa shape index (κ1) is 13.1. The fourth-order valence-corrected chi connectivity index (χ4v) is 2.14. The fraction of sp³-hybridized carbons (Fsp3) is 0.308. The first-order valence-electron chi connectivity index (χ1n) is 5.69. The molecule has 2 aromatic rings. The third-order valence-electron chi connectivity index (χ3n) is 2.92. The number of aromatic nitrogens is 2. The van der Waals surface area contributed by atoms with Crippen molar-refractivity contribution in [1.29, 1.82) is 0 Å². The third kappa shape index (κ3) is 2.02. The fourth-order valence-electron chi connectivity index (χ4n) is 2.02. The molecule has 1 unspecified atom stereocenters. The molecular formula is C13H15ClFN3. The molecule has 0 aliphatic rings. The molecule has 1 aromatic carbocycles. The highest BCUT2D eigenvalue weighted by Gasteiger charge is 2.18. The molecule has 0 bridgehead atoms. The van der Waals surface area contributed by atoms with E-state index < -0.39 is 6.04 Å². The molecule has 2 N–H and O–H groups in total. The quantitative estimate of drug-likeness (QED) is 0.907. The smallest absolute Gasteiger partial charge is 0.130 e. The Kier molecular flexibility index (Phi) is 3.41. The minimum atomic E-state index is -0.413. The van der Waals surface area contributed by atoms with Gasteiger partial charge in [-0.25, -0.2) is 9.07 Å². The molecule has 0 aliphatic heterocycles. The highest BCUT2D eigenvalue weighted by atomic mass is 35.5. The molecule has 1 heterocycles. The van der Waals surface area contributed by atoms with Crippen molar-refractivity contribution in [3.63, 3.8) is 0 Å². The second kappa shape index (κ2) is 4.71. The van der Waals surface area contributed by atoms with Gasteiger partial charge in [0.05, 0.1) is 22.1 Å². The Morgan fingerprint density at radius 2 is 2.06 bits per heavy atom. The average molecular weight is 268 g/mol. The minimum absolute atomic E-state index is 0.328. The molecule has 0 fully saturated rings. The van der Waals surface area contributed by atoms with Crippen LogP contribution in [-0.4, -0.2) is 9.78 Å². The van der Waals surface area contributed by atoms with Crippen LogP contribution in [0.5, 0.6) is 0 Å². The van der Waals surface area contributed by atoms with Crippen molar-refractivity contribution in [2.24, 2.45) is 5.73 Å². The van der Waals surface area contributed by atoms with E-state index in [0.717, 1.165) is 5.69 Å². The summed E-state index contributed by atoms with van der Waals surface area (Å²) in [5.74, 6) is -0.328. The first-order valence-corrected chi connectivity index (χ1v) is 6.07. The van der Waals surface area contributed by atoms with E-state index in [2.05, 4.69) is 5.10 Å². The zero-order chi connectivity index (χ0) is 13.4. The lowest BCUT2D eigenvalue weighted by Crippen LogP contribution is -2.13. The molecule has 0 saturated carbocycles. The second-order valence-electron chi connectivity index (χ2n) is 4.36. The summed E-state index contributed by atoms with van der Waals surface area (Å²) >= 11 is 6.11. The van der Waals surface area contributed by atoms with Crippen LogP contribution in [0.25, 0.3) is 5.69 Å². The number of halogens is 2. The monoisotopic (exact) mass is 267 g/mol. The van der Waals surface area contributed by atoms with Gasteiger partial charge in [0.25, 0.3) is 0 Å². The molecule has 2 rings (SSSR count). The summed E-state index contributed by atoms with van der Waals surface area (Å²) in [5, 5.41) is 4.92. The molecule has 1 atom stereocenters. The minimum Gasteiger partial charge on any atom is -0.324 e. The van der Waals surface area contributed by atoms with Crippen LogP contribution in [-0.2, 0) is 0 Å². The van der Waals surface area contributed by atoms with Crippen molar-refractivity contribution in [2.75, 3.05) is 0 Å². The summed E-state index contributed by atoms with van der Waals surface area (Å²) in [6.45, 7) is 5.41. The van der Waals surface area contributed by atoms with Gasteiger partial charge in [0.1, 0.15) is 5.82 Å². The van der Waals surface area contributed by atoms with Crippen molar-refractivity contribution < 1.29 is 4.39 Å². The molecule has 0 saturated heterocycles. The molecule has 0 aliphatic carbocycles. The standard InChI is InChI=1S/C13H15ClFN3/c1-7(16)12-10(15)5-4-6-11(12)18-9(3)13(14)8(2)17-18/h4-7H,16H2,1-3H3. The van der Waals surface area contributed by atoms with Gasteiger partial charge in [-0.3, -0.25) is 0 Å². The van der Waals surface area contributed by atoms with Gasteiger partial charge in [0.15, 0.2) is 0 Å². The lowest BCUT2D eigenvalue weighted by atomic mass is 10.1. The molecule has 0 spiro atoms. The Balaban J connectivity index is 2.71. The van der Waals surface area contributed by atoms with Crippen LogP contribution in [0.15, 0.2) is 18.2 Å². The number of nitrogens with two attached hydrogens (primary N) is 1. The van der Waals surface area contributed by atoms with Crippen LogP contribution in [0.3, 0.4) is 0 Å². The third-order valence-corrected chi connectivity index (χ3v) is 3.46. The second-order valence-corrected chi connectivity index (χ2v) is 4.74. The summed E-state index contributed by atoms with van der Waals surface area (Å²) in [4.78, 5) is 0. The number of hydrogen-bond donors (Lipinski definition) is 1. The van der Waals surface area contributed by atoms with Gasteiger partial charge in [-0.05, 0) is 32.9 Å². The Morgan fingerprint density at radius 3 is 2.56 bits per heavy atom. The molecule has 3 nitrogen and oxygen atoms in total. The maximum atomic E-state index is 13.9. The zero-order valence-corrected chi connectivity index (χ0v) is 11.3. The molecule has 18 heavy (non-hydrogen) atoms. The van der Waals surface area contributed by atoms with Crippen LogP contribution >= 0.6 is 11.6 Å². The maximum Gasteiger partial charge on any atom is 0.130 e. The summed E-state index contributed by atoms with van der Waals surface area (Å²) in [5.41, 5.74) is 8.41. The van der Waals surface area contributed by atoms with Crippen molar-refractivity contribution in [3.05, 3.63) is 46.0 Å². The van der Waals surface area contributed by atoms with E-state index in [1.165, 1.54) is 6.07 Å². The van der Waals surface area contributed by atoms with Crippen molar-refractivity contribution >= 4 is 11.6 Å². The summed E-state index contributed by atoms with van der Waals surface area (Å²) in [6, 6.07) is 4.41. The Labute approximate surface area is 110 Å². The topological polar surface area (TPSA) is 43.8 Å². The summed E-state index contributed by atoms with van der Waals surface area (Å²) in [7, 11) is 0. The number of aryl methyl sites for hydroxylation is 1. The summed E-state index contributed by atoms with van der Waals surface area (Å²) < 4.78 is 15.5. The maximum absolute atomic E-state index is 13.9. The van der Waals surface area contributed by atoms with E-state index in [1.807, 2.05) is 13.8 Å². The van der Waals surface area contributed by atoms with E-state index in [9.17, 15) is 4.39 Å². The normalized spacial score (nSPS) is 12.8. The van der Waals surface area contributed by atoms with Crippen molar-refractivity contribution in [2.45, 2.75) is 26.8 Å². The van der Waals surface area contributed by atoms with Gasteiger partial charge >= 0.3 is 0 Å². The van der Waals surface area contributed by atoms with Crippen LogP contribution in [0.2, 0.25) is 5.02 Å². The molecule has 0 amide bonds. The SMILES string of the molecule is Cc1nn(-c2cccc(F)c2C(C)N)c(C)c1Cl. The van der Waals surface area contributed by atoms with Gasteiger partial charge in [0, 0.05) is 11.6 Å². The Hall–Kier alpha value is -1.39. The highest BCUT2D eigenvalue weighted by Crippen LogP contribution is 2.27. The summed E-state index contributed by atoms with van der Waals surface area (Å²) in [6.07, 6.45) is 0. The Morgan fingerprint density at radius 1 is 1.39 bits per heavy atom. The van der Waals surface area contributed by atoms with E-state index in [4.69, 9.17) is 17.3 Å². The number of hydrogen-bond acceptors (Lipinski definition) is 2. The lowest BCUT2D eigenvalue weighted by molar-refractivity contribution is 0.588. The Bertz CT molecular complexity index is 590. The van der Waals surface area contributed by atoms with Gasteiger partial charge in [-0.2, -0.15) is 5.10 Å². The number of rotatable bonds is 2. The highest BCUT2D eigenvalue weighted by molar-refractivity contribution is 6.31.